The standard InChI is InChI=1S/C37H49FN4O7S/c1-22(2)32(30-18-31(40-49-30)47-20-37(38)12-14-41(15-13-37)35(46)48-36(5,6)7)34(45)42-19-27(43)17-28(42)29(44)16-23(3)25-8-10-26(11-9-25)33-24(4)39-21-50-33/h8-11,18,21-23,27-28,32,43H,12-17,19-20H2,1-7H3/t23-,27-,28+,32-/m1/s1. The van der Waals surface area contributed by atoms with Crippen molar-refractivity contribution in [3.8, 4) is 16.3 Å². The number of alkyl halides is 1. The Morgan fingerprint density at radius 3 is 2.42 bits per heavy atom. The minimum absolute atomic E-state index is 0.0396. The van der Waals surface area contributed by atoms with Gasteiger partial charge in [-0.1, -0.05) is 45.0 Å². The number of rotatable bonds is 11. The van der Waals surface area contributed by atoms with Gasteiger partial charge in [0.15, 0.2) is 11.5 Å². The fourth-order valence-electron chi connectivity index (χ4n) is 6.63. The molecule has 2 amide bonds. The third-order valence-electron chi connectivity index (χ3n) is 9.46. The molecule has 1 N–H and O–H groups in total. The van der Waals surface area contributed by atoms with Crippen molar-refractivity contribution in [3.63, 3.8) is 0 Å². The highest BCUT2D eigenvalue weighted by molar-refractivity contribution is 7.13. The number of hydrogen-bond donors (Lipinski definition) is 1. The van der Waals surface area contributed by atoms with Crippen LogP contribution in [0.15, 0.2) is 40.4 Å². The maximum absolute atomic E-state index is 15.6. The van der Waals surface area contributed by atoms with E-state index in [1.807, 2.05) is 57.5 Å². The van der Waals surface area contributed by atoms with Crippen molar-refractivity contribution in [1.29, 1.82) is 0 Å². The van der Waals surface area contributed by atoms with E-state index in [1.165, 1.54) is 15.9 Å². The van der Waals surface area contributed by atoms with E-state index in [2.05, 4.69) is 10.1 Å². The van der Waals surface area contributed by atoms with Crippen molar-refractivity contribution >= 4 is 29.1 Å². The molecule has 0 aliphatic carbocycles. The number of hydrogen-bond acceptors (Lipinski definition) is 10. The van der Waals surface area contributed by atoms with Crippen LogP contribution in [0.5, 0.6) is 5.88 Å². The monoisotopic (exact) mass is 712 g/mol. The van der Waals surface area contributed by atoms with Gasteiger partial charge in [0.2, 0.25) is 5.91 Å². The van der Waals surface area contributed by atoms with Crippen LogP contribution in [0, 0.1) is 12.8 Å². The minimum atomic E-state index is -1.68. The second-order valence-electron chi connectivity index (χ2n) is 15.1. The minimum Gasteiger partial charge on any atom is -0.472 e. The summed E-state index contributed by atoms with van der Waals surface area (Å²) in [6.07, 6.45) is -0.759. The molecule has 4 heterocycles. The van der Waals surface area contributed by atoms with Crippen molar-refractivity contribution < 1.29 is 37.9 Å². The van der Waals surface area contributed by atoms with Gasteiger partial charge in [-0.05, 0) is 55.8 Å². The van der Waals surface area contributed by atoms with Gasteiger partial charge in [0.25, 0.3) is 5.88 Å². The van der Waals surface area contributed by atoms with Gasteiger partial charge in [0, 0.05) is 51.4 Å². The number of benzene rings is 1. The van der Waals surface area contributed by atoms with Gasteiger partial charge in [-0.2, -0.15) is 0 Å². The third-order valence-corrected chi connectivity index (χ3v) is 10.4. The highest BCUT2D eigenvalue weighted by Gasteiger charge is 2.44. The first-order valence-electron chi connectivity index (χ1n) is 17.3. The number of carbonyl (C=O) groups excluding carboxylic acids is 3. The van der Waals surface area contributed by atoms with Crippen LogP contribution in [-0.2, 0) is 14.3 Å². The van der Waals surface area contributed by atoms with Gasteiger partial charge >= 0.3 is 6.09 Å². The molecule has 5 rings (SSSR count). The van der Waals surface area contributed by atoms with E-state index in [9.17, 15) is 19.5 Å². The first kappa shape index (κ1) is 37.4. The van der Waals surface area contributed by atoms with Crippen LogP contribution >= 0.6 is 11.3 Å². The second kappa shape index (κ2) is 15.2. The zero-order chi connectivity index (χ0) is 36.4. The van der Waals surface area contributed by atoms with Gasteiger partial charge < -0.3 is 28.9 Å². The Morgan fingerprint density at radius 2 is 1.82 bits per heavy atom. The summed E-state index contributed by atoms with van der Waals surface area (Å²) in [5, 5.41) is 14.6. The maximum Gasteiger partial charge on any atom is 0.410 e. The Morgan fingerprint density at radius 1 is 1.14 bits per heavy atom. The molecule has 2 saturated heterocycles. The number of aryl methyl sites for hydroxylation is 1. The molecule has 11 nitrogen and oxygen atoms in total. The molecule has 0 saturated carbocycles. The molecule has 2 aliphatic heterocycles. The highest BCUT2D eigenvalue weighted by Crippen LogP contribution is 2.35. The third kappa shape index (κ3) is 8.90. The number of thiazole rings is 1. The molecule has 13 heteroatoms. The Kier molecular flexibility index (Phi) is 11.4. The van der Waals surface area contributed by atoms with E-state index in [1.54, 1.807) is 32.1 Å². The average molecular weight is 713 g/mol. The molecule has 50 heavy (non-hydrogen) atoms. The van der Waals surface area contributed by atoms with Gasteiger partial charge in [0.05, 0.1) is 28.2 Å². The number of nitrogens with zero attached hydrogens (tertiary/aromatic N) is 4. The number of ether oxygens (including phenoxy) is 2. The summed E-state index contributed by atoms with van der Waals surface area (Å²) in [5.74, 6) is -1.29. The van der Waals surface area contributed by atoms with Crippen molar-refractivity contribution in [2.75, 3.05) is 26.2 Å². The lowest BCUT2D eigenvalue weighted by Gasteiger charge is -2.36. The zero-order valence-electron chi connectivity index (χ0n) is 30.0. The van der Waals surface area contributed by atoms with Crippen LogP contribution in [0.3, 0.4) is 0 Å². The SMILES string of the molecule is Cc1ncsc1-c1ccc([C@H](C)CC(=O)[C@@H]2C[C@@H](O)CN2C(=O)[C@@H](c2cc(OCC3(F)CCN(C(=O)OC(C)(C)C)CC3)no2)C(C)C)cc1. The van der Waals surface area contributed by atoms with Crippen LogP contribution < -0.4 is 4.74 Å². The first-order valence-corrected chi connectivity index (χ1v) is 18.2. The van der Waals surface area contributed by atoms with Crippen molar-refractivity contribution in [2.45, 2.75) is 109 Å². The normalized spacial score (nSPS) is 20.5. The van der Waals surface area contributed by atoms with E-state index < -0.39 is 35.4 Å². The molecule has 1 aromatic carbocycles. The fraction of sp³-hybridized carbons (Fsp3) is 0.595. The number of carbonyl (C=O) groups is 3. The maximum atomic E-state index is 15.6. The molecular weight excluding hydrogens is 663 g/mol. The number of halogens is 1. The number of ketones is 1. The van der Waals surface area contributed by atoms with E-state index in [0.717, 1.165) is 21.7 Å². The van der Waals surface area contributed by atoms with Crippen molar-refractivity contribution in [2.24, 2.45) is 5.92 Å². The molecule has 272 valence electrons. The molecule has 2 aliphatic rings. The summed E-state index contributed by atoms with van der Waals surface area (Å²) in [5.41, 5.74) is 2.58. The fourth-order valence-corrected chi connectivity index (χ4v) is 7.44. The molecule has 2 aromatic heterocycles. The van der Waals surface area contributed by atoms with Gasteiger partial charge in [-0.3, -0.25) is 9.59 Å². The van der Waals surface area contributed by atoms with Gasteiger partial charge in [-0.15, -0.1) is 11.3 Å². The molecule has 2 fully saturated rings. The molecule has 0 radical (unpaired) electrons. The topological polar surface area (TPSA) is 135 Å². The zero-order valence-corrected chi connectivity index (χ0v) is 30.8. The number of Topliss-reactive ketones (excluding diaryl/α,β-unsaturated/α-hetero) is 1. The van der Waals surface area contributed by atoms with E-state index in [4.69, 9.17) is 14.0 Å². The number of likely N-dealkylation sites (tertiary alicyclic amines) is 2. The summed E-state index contributed by atoms with van der Waals surface area (Å²) >= 11 is 1.59. The number of amides is 2. The Hall–Kier alpha value is -3.84. The summed E-state index contributed by atoms with van der Waals surface area (Å²) in [6.45, 7) is 13.2. The molecule has 0 spiro atoms. The highest BCUT2D eigenvalue weighted by atomic mass is 32.1. The number of β-amino-alcohol motifs (C(OH)–C–C–N with tert-alkyl or cyclic N) is 1. The summed E-state index contributed by atoms with van der Waals surface area (Å²) in [4.78, 5) is 48.5. The number of aliphatic hydroxyl groups excluding tert-OH is 1. The second-order valence-corrected chi connectivity index (χ2v) is 15.9. The van der Waals surface area contributed by atoms with Crippen molar-refractivity contribution in [3.05, 3.63) is 52.9 Å². The number of piperidine rings is 1. The van der Waals surface area contributed by atoms with E-state index >= 15 is 4.39 Å². The van der Waals surface area contributed by atoms with Crippen LogP contribution in [0.4, 0.5) is 9.18 Å². The largest absolute Gasteiger partial charge is 0.472 e. The smallest absolute Gasteiger partial charge is 0.410 e. The quantitative estimate of drug-likeness (QED) is 0.231. The summed E-state index contributed by atoms with van der Waals surface area (Å²) < 4.78 is 32.3. The molecule has 0 unspecified atom stereocenters. The lowest BCUT2D eigenvalue weighted by atomic mass is 9.89. The molecular formula is C37H49FN4O7S. The number of aliphatic hydroxyl groups is 1. The van der Waals surface area contributed by atoms with Crippen LogP contribution in [0.1, 0.15) is 96.1 Å². The van der Waals surface area contributed by atoms with Crippen LogP contribution in [0.25, 0.3) is 10.4 Å². The predicted octanol–water partition coefficient (Wildman–Crippen LogP) is 6.69. The Labute approximate surface area is 297 Å². The Bertz CT molecular complexity index is 1640. The van der Waals surface area contributed by atoms with Gasteiger partial charge in [0.1, 0.15) is 23.8 Å². The Balaban J connectivity index is 1.19. The van der Waals surface area contributed by atoms with Gasteiger partial charge in [-0.25, -0.2) is 14.2 Å². The molecule has 3 aromatic rings. The average Bonchev–Trinajstić information content (AvgIpc) is 3.79. The molecule has 4 atom stereocenters. The van der Waals surface area contributed by atoms with Crippen molar-refractivity contribution in [1.82, 2.24) is 19.9 Å². The van der Waals surface area contributed by atoms with Crippen LogP contribution in [0.2, 0.25) is 0 Å². The summed E-state index contributed by atoms with van der Waals surface area (Å²) in [7, 11) is 0. The molecule has 0 bridgehead atoms. The predicted molar refractivity (Wildman–Crippen MR) is 187 cm³/mol. The number of aromatic nitrogens is 2. The van der Waals surface area contributed by atoms with Crippen LogP contribution in [-0.4, -0.2) is 92.5 Å². The van der Waals surface area contributed by atoms with E-state index in [-0.39, 0.29) is 87.1 Å². The lowest BCUT2D eigenvalue weighted by molar-refractivity contribution is -0.140. The summed E-state index contributed by atoms with van der Waals surface area (Å²) in [6, 6.07) is 8.85. The van der Waals surface area contributed by atoms with E-state index in [0.29, 0.717) is 0 Å². The first-order chi connectivity index (χ1) is 23.5. The lowest BCUT2D eigenvalue weighted by Crippen LogP contribution is -2.48.